The van der Waals surface area contributed by atoms with Crippen molar-refractivity contribution in [3.05, 3.63) is 98.8 Å². The van der Waals surface area contributed by atoms with Gasteiger partial charge >= 0.3 is 5.91 Å². The van der Waals surface area contributed by atoms with E-state index in [0.29, 0.717) is 26.4 Å². The van der Waals surface area contributed by atoms with Gasteiger partial charge in [0.15, 0.2) is 5.13 Å². The van der Waals surface area contributed by atoms with E-state index in [0.717, 1.165) is 0 Å². The molecule has 1 saturated heterocycles. The molecule has 5 rings (SSSR count). The SMILES string of the molecule is O=C1C(=O)N(c2nc3ccc(Cl)cc3s2)C(c2ccc([N+](=O)[O-])cc2)/C1=C(\O)c1ccncc1. The number of nitro groups is 1. The van der Waals surface area contributed by atoms with Crippen LogP contribution >= 0.6 is 22.9 Å². The zero-order valence-electron chi connectivity index (χ0n) is 17.1. The Kier molecular flexibility index (Phi) is 5.31. The van der Waals surface area contributed by atoms with Gasteiger partial charge in [-0.1, -0.05) is 22.9 Å². The maximum Gasteiger partial charge on any atom is 0.301 e. The monoisotopic (exact) mass is 492 g/mol. The molecule has 3 heterocycles. The zero-order chi connectivity index (χ0) is 24.0. The van der Waals surface area contributed by atoms with Crippen molar-refractivity contribution in [3.8, 4) is 0 Å². The van der Waals surface area contributed by atoms with Crippen LogP contribution < -0.4 is 4.90 Å². The van der Waals surface area contributed by atoms with Crippen LogP contribution in [0.3, 0.4) is 0 Å². The van der Waals surface area contributed by atoms with Crippen LogP contribution in [-0.4, -0.2) is 31.7 Å². The summed E-state index contributed by atoms with van der Waals surface area (Å²) < 4.78 is 0.709. The minimum Gasteiger partial charge on any atom is -0.507 e. The summed E-state index contributed by atoms with van der Waals surface area (Å²) in [6, 6.07) is 12.5. The van der Waals surface area contributed by atoms with Crippen LogP contribution in [-0.2, 0) is 9.59 Å². The van der Waals surface area contributed by atoms with Crippen LogP contribution in [0.5, 0.6) is 0 Å². The first-order valence-electron chi connectivity index (χ1n) is 9.87. The molecule has 1 unspecified atom stereocenters. The van der Waals surface area contributed by atoms with E-state index in [2.05, 4.69) is 9.97 Å². The molecule has 1 aliphatic rings. The second-order valence-electron chi connectivity index (χ2n) is 7.36. The van der Waals surface area contributed by atoms with Crippen molar-refractivity contribution >= 4 is 61.4 Å². The van der Waals surface area contributed by atoms with Crippen LogP contribution in [0.15, 0.2) is 72.6 Å². The molecular formula is C23H13ClN4O5S. The van der Waals surface area contributed by atoms with E-state index in [9.17, 15) is 24.8 Å². The number of carbonyl (C=O) groups is 2. The Morgan fingerprint density at radius 1 is 1.09 bits per heavy atom. The summed E-state index contributed by atoms with van der Waals surface area (Å²) in [7, 11) is 0. The fourth-order valence-corrected chi connectivity index (χ4v) is 5.05. The number of nitrogens with zero attached hydrogens (tertiary/aromatic N) is 4. The van der Waals surface area contributed by atoms with Gasteiger partial charge in [0.05, 0.1) is 26.8 Å². The number of rotatable bonds is 4. The maximum absolute atomic E-state index is 13.2. The molecule has 1 aliphatic heterocycles. The number of aliphatic hydroxyl groups is 1. The standard InChI is InChI=1S/C23H13ClN4O5S/c24-14-3-6-16-17(11-14)34-23(26-16)27-19(12-1-4-15(5-2-12)28(32)33)18(21(30)22(27)31)20(29)13-7-9-25-10-8-13/h1-11,19,29H/b20-18+. The summed E-state index contributed by atoms with van der Waals surface area (Å²) in [6.45, 7) is 0. The topological polar surface area (TPSA) is 127 Å². The molecule has 0 radical (unpaired) electrons. The summed E-state index contributed by atoms with van der Waals surface area (Å²) in [6.07, 6.45) is 2.90. The Morgan fingerprint density at radius 3 is 2.47 bits per heavy atom. The first-order valence-corrected chi connectivity index (χ1v) is 11.1. The minimum absolute atomic E-state index is 0.149. The van der Waals surface area contributed by atoms with Crippen molar-refractivity contribution in [1.29, 1.82) is 0 Å². The third-order valence-electron chi connectivity index (χ3n) is 5.36. The number of pyridine rings is 1. The Hall–Kier alpha value is -4.15. The molecule has 2 aromatic carbocycles. The van der Waals surface area contributed by atoms with Gasteiger partial charge < -0.3 is 5.11 Å². The number of anilines is 1. The van der Waals surface area contributed by atoms with E-state index < -0.39 is 22.7 Å². The summed E-state index contributed by atoms with van der Waals surface area (Å²) in [5, 5.41) is 22.9. The molecule has 168 valence electrons. The Balaban J connectivity index is 1.72. The van der Waals surface area contributed by atoms with Crippen LogP contribution in [0, 0.1) is 10.1 Å². The molecule has 2 aromatic heterocycles. The molecule has 4 aromatic rings. The zero-order valence-corrected chi connectivity index (χ0v) is 18.7. The number of benzene rings is 2. The van der Waals surface area contributed by atoms with Crippen LogP contribution in [0.1, 0.15) is 17.2 Å². The predicted octanol–water partition coefficient (Wildman–Crippen LogP) is 4.88. The fourth-order valence-electron chi connectivity index (χ4n) is 3.78. The van der Waals surface area contributed by atoms with Gasteiger partial charge in [-0.3, -0.25) is 29.6 Å². The van der Waals surface area contributed by atoms with Crippen molar-refractivity contribution < 1.29 is 19.6 Å². The van der Waals surface area contributed by atoms with Gasteiger partial charge in [0.2, 0.25) is 0 Å². The quantitative estimate of drug-likeness (QED) is 0.141. The summed E-state index contributed by atoms with van der Waals surface area (Å²) >= 11 is 7.25. The average molecular weight is 493 g/mol. The second kappa shape index (κ2) is 8.32. The van der Waals surface area contributed by atoms with Gasteiger partial charge in [-0.05, 0) is 48.0 Å². The fraction of sp³-hybridized carbons (Fsp3) is 0.0435. The van der Waals surface area contributed by atoms with Crippen LogP contribution in [0.25, 0.3) is 16.0 Å². The molecular weight excluding hydrogens is 480 g/mol. The van der Waals surface area contributed by atoms with Crippen molar-refractivity contribution in [1.82, 2.24) is 9.97 Å². The normalized spacial score (nSPS) is 17.4. The van der Waals surface area contributed by atoms with E-state index in [1.807, 2.05) is 0 Å². The number of carbonyl (C=O) groups excluding carboxylic acids is 2. The number of hydrogen-bond acceptors (Lipinski definition) is 8. The molecule has 0 saturated carbocycles. The van der Waals surface area contributed by atoms with E-state index in [1.165, 1.54) is 65.0 Å². The highest BCUT2D eigenvalue weighted by Crippen LogP contribution is 2.44. The van der Waals surface area contributed by atoms with E-state index in [1.54, 1.807) is 18.2 Å². The third-order valence-corrected chi connectivity index (χ3v) is 6.62. The molecule has 34 heavy (non-hydrogen) atoms. The van der Waals surface area contributed by atoms with Gasteiger partial charge in [0, 0.05) is 35.1 Å². The molecule has 1 N–H and O–H groups in total. The summed E-state index contributed by atoms with van der Waals surface area (Å²) in [5.41, 5.74) is 0.989. The number of aliphatic hydroxyl groups excluding tert-OH is 1. The van der Waals surface area contributed by atoms with Gasteiger partial charge in [0.25, 0.3) is 11.5 Å². The Morgan fingerprint density at radius 2 is 1.79 bits per heavy atom. The van der Waals surface area contributed by atoms with Crippen molar-refractivity contribution in [2.75, 3.05) is 4.90 Å². The summed E-state index contributed by atoms with van der Waals surface area (Å²) in [4.78, 5) is 46.5. The molecule has 1 atom stereocenters. The number of non-ortho nitro benzene ring substituents is 1. The molecule has 0 bridgehead atoms. The molecule has 11 heteroatoms. The largest absolute Gasteiger partial charge is 0.507 e. The smallest absolute Gasteiger partial charge is 0.301 e. The number of amides is 1. The predicted molar refractivity (Wildman–Crippen MR) is 127 cm³/mol. The lowest BCUT2D eigenvalue weighted by Crippen LogP contribution is -2.29. The second-order valence-corrected chi connectivity index (χ2v) is 8.81. The van der Waals surface area contributed by atoms with Gasteiger partial charge in [0.1, 0.15) is 5.76 Å². The first kappa shape index (κ1) is 21.7. The van der Waals surface area contributed by atoms with Gasteiger partial charge in [-0.2, -0.15) is 0 Å². The number of ketones is 1. The average Bonchev–Trinajstić information content (AvgIpc) is 3.37. The number of Topliss-reactive ketones (excluding diaryl/α,β-unsaturated/α-hetero) is 1. The molecule has 0 aliphatic carbocycles. The number of hydrogen-bond donors (Lipinski definition) is 1. The number of nitro benzene ring substituents is 1. The van der Waals surface area contributed by atoms with Crippen molar-refractivity contribution in [2.45, 2.75) is 6.04 Å². The van der Waals surface area contributed by atoms with E-state index in [-0.39, 0.29) is 22.2 Å². The number of aromatic nitrogens is 2. The van der Waals surface area contributed by atoms with E-state index >= 15 is 0 Å². The maximum atomic E-state index is 13.2. The first-order chi connectivity index (χ1) is 16.3. The van der Waals surface area contributed by atoms with Gasteiger partial charge in [-0.25, -0.2) is 4.98 Å². The highest BCUT2D eigenvalue weighted by atomic mass is 35.5. The number of thiazole rings is 1. The van der Waals surface area contributed by atoms with Crippen LogP contribution in [0.4, 0.5) is 10.8 Å². The Bertz CT molecular complexity index is 1500. The number of fused-ring (bicyclic) bond motifs is 1. The summed E-state index contributed by atoms with van der Waals surface area (Å²) in [5.74, 6) is -2.14. The molecule has 9 nitrogen and oxygen atoms in total. The molecule has 0 spiro atoms. The van der Waals surface area contributed by atoms with Gasteiger partial charge in [-0.15, -0.1) is 0 Å². The van der Waals surface area contributed by atoms with E-state index in [4.69, 9.17) is 11.6 Å². The van der Waals surface area contributed by atoms with Crippen molar-refractivity contribution in [3.63, 3.8) is 0 Å². The highest BCUT2D eigenvalue weighted by Gasteiger charge is 2.48. The Labute approximate surface area is 200 Å². The highest BCUT2D eigenvalue weighted by molar-refractivity contribution is 7.22. The lowest BCUT2D eigenvalue weighted by atomic mass is 9.95. The van der Waals surface area contributed by atoms with Crippen LogP contribution in [0.2, 0.25) is 5.02 Å². The molecule has 1 amide bonds. The van der Waals surface area contributed by atoms with Crippen molar-refractivity contribution in [2.24, 2.45) is 0 Å². The third kappa shape index (κ3) is 3.58. The lowest BCUT2D eigenvalue weighted by molar-refractivity contribution is -0.384. The lowest BCUT2D eigenvalue weighted by Gasteiger charge is -2.22. The molecule has 1 fully saturated rings. The minimum atomic E-state index is -1.05. The number of halogens is 1.